The first kappa shape index (κ1) is 21.6. The van der Waals surface area contributed by atoms with Crippen molar-refractivity contribution >= 4 is 23.2 Å². The lowest BCUT2D eigenvalue weighted by Crippen LogP contribution is -2.28. The summed E-state index contributed by atoms with van der Waals surface area (Å²) in [7, 11) is 1.59. The molecule has 0 bridgehead atoms. The van der Waals surface area contributed by atoms with Crippen LogP contribution in [0.1, 0.15) is 11.1 Å². The monoisotopic (exact) mass is 418 g/mol. The number of carbonyl (C=O) groups excluding carboxylic acids is 1. The van der Waals surface area contributed by atoms with E-state index in [0.717, 1.165) is 5.75 Å². The van der Waals surface area contributed by atoms with Crippen LogP contribution in [0.25, 0.3) is 11.6 Å². The molecule has 1 amide bonds. The second-order valence-electron chi connectivity index (χ2n) is 6.56. The maximum Gasteiger partial charge on any atom is 0.270 e. The van der Waals surface area contributed by atoms with E-state index in [1.807, 2.05) is 30.3 Å². The van der Waals surface area contributed by atoms with E-state index in [2.05, 4.69) is 5.32 Å². The molecule has 0 aliphatic carbocycles. The van der Waals surface area contributed by atoms with Gasteiger partial charge in [0, 0.05) is 17.7 Å². The Morgan fingerprint density at radius 1 is 1.00 bits per heavy atom. The second kappa shape index (κ2) is 10.6. The van der Waals surface area contributed by atoms with E-state index in [4.69, 9.17) is 9.47 Å². The molecule has 0 radical (unpaired) electrons. The Morgan fingerprint density at radius 2 is 1.71 bits per heavy atom. The van der Waals surface area contributed by atoms with Crippen molar-refractivity contribution in [3.05, 3.63) is 100 Å². The van der Waals surface area contributed by atoms with Crippen LogP contribution in [0.3, 0.4) is 0 Å². The molecular weight excluding hydrogens is 396 g/mol. The molecule has 0 aliphatic rings. The number of benzene rings is 3. The molecule has 0 aromatic heterocycles. The van der Waals surface area contributed by atoms with Crippen molar-refractivity contribution in [3.63, 3.8) is 0 Å². The van der Waals surface area contributed by atoms with Gasteiger partial charge in [0.1, 0.15) is 18.1 Å². The van der Waals surface area contributed by atoms with Crippen LogP contribution in [0.4, 0.5) is 5.69 Å². The van der Waals surface area contributed by atoms with E-state index in [1.165, 1.54) is 12.1 Å². The van der Waals surface area contributed by atoms with Crippen molar-refractivity contribution in [2.45, 2.75) is 0 Å². The van der Waals surface area contributed by atoms with Crippen molar-refractivity contribution in [1.82, 2.24) is 5.32 Å². The standard InChI is InChI=1S/C24H22N2O5/c1-30-21-10-12-22(13-11-21)31-15-14-25-24(27)23(19-7-3-2-4-8-19)17-18-6-5-9-20(16-18)26(28)29/h2-13,16-17H,14-15H2,1H3,(H,25,27)/b23-17+. The summed E-state index contributed by atoms with van der Waals surface area (Å²) >= 11 is 0. The number of nitrogens with zero attached hydrogens (tertiary/aromatic N) is 1. The lowest BCUT2D eigenvalue weighted by atomic mass is 10.0. The molecule has 0 spiro atoms. The smallest absolute Gasteiger partial charge is 0.270 e. The summed E-state index contributed by atoms with van der Waals surface area (Å²) in [5, 5.41) is 13.9. The van der Waals surface area contributed by atoms with E-state index in [-0.39, 0.29) is 18.2 Å². The van der Waals surface area contributed by atoms with Crippen molar-refractivity contribution in [1.29, 1.82) is 0 Å². The maximum absolute atomic E-state index is 12.9. The molecule has 0 aliphatic heterocycles. The van der Waals surface area contributed by atoms with Gasteiger partial charge in [-0.1, -0.05) is 42.5 Å². The molecule has 3 rings (SSSR count). The minimum Gasteiger partial charge on any atom is -0.497 e. The van der Waals surface area contributed by atoms with Gasteiger partial charge >= 0.3 is 0 Å². The average Bonchev–Trinajstić information content (AvgIpc) is 2.81. The minimum absolute atomic E-state index is 0.0329. The summed E-state index contributed by atoms with van der Waals surface area (Å²) in [5.74, 6) is 1.11. The number of nitrogens with one attached hydrogen (secondary N) is 1. The molecule has 7 heteroatoms. The fraction of sp³-hybridized carbons (Fsp3) is 0.125. The summed E-state index contributed by atoms with van der Waals surface area (Å²) in [6, 6.07) is 22.5. The van der Waals surface area contributed by atoms with Crippen molar-refractivity contribution in [2.75, 3.05) is 20.3 Å². The van der Waals surface area contributed by atoms with Gasteiger partial charge in [0.05, 0.1) is 18.6 Å². The van der Waals surface area contributed by atoms with Gasteiger partial charge in [-0.3, -0.25) is 14.9 Å². The van der Waals surface area contributed by atoms with E-state index in [1.54, 1.807) is 49.6 Å². The van der Waals surface area contributed by atoms with Gasteiger partial charge in [0.2, 0.25) is 0 Å². The number of nitro benzene ring substituents is 1. The fourth-order valence-corrected chi connectivity index (χ4v) is 2.89. The molecule has 3 aromatic carbocycles. The first-order chi connectivity index (χ1) is 15.1. The van der Waals surface area contributed by atoms with Crippen LogP contribution in [-0.2, 0) is 4.79 Å². The molecule has 0 unspecified atom stereocenters. The van der Waals surface area contributed by atoms with E-state index >= 15 is 0 Å². The average molecular weight is 418 g/mol. The number of amides is 1. The molecule has 7 nitrogen and oxygen atoms in total. The first-order valence-electron chi connectivity index (χ1n) is 9.63. The number of nitro groups is 1. The molecule has 3 aromatic rings. The highest BCUT2D eigenvalue weighted by Crippen LogP contribution is 2.21. The van der Waals surface area contributed by atoms with Crippen LogP contribution in [-0.4, -0.2) is 31.1 Å². The zero-order valence-corrected chi connectivity index (χ0v) is 17.0. The van der Waals surface area contributed by atoms with Crippen LogP contribution in [0, 0.1) is 10.1 Å². The Bertz CT molecular complexity index is 1060. The lowest BCUT2D eigenvalue weighted by molar-refractivity contribution is -0.384. The third-order valence-corrected chi connectivity index (χ3v) is 4.44. The Balaban J connectivity index is 1.69. The Labute approximate surface area is 180 Å². The third kappa shape index (κ3) is 6.17. The number of rotatable bonds is 9. The van der Waals surface area contributed by atoms with Crippen molar-refractivity contribution in [3.8, 4) is 11.5 Å². The largest absolute Gasteiger partial charge is 0.497 e. The highest BCUT2D eigenvalue weighted by Gasteiger charge is 2.13. The quantitative estimate of drug-likeness (QED) is 0.184. The van der Waals surface area contributed by atoms with Crippen LogP contribution >= 0.6 is 0 Å². The van der Waals surface area contributed by atoms with Crippen molar-refractivity contribution in [2.24, 2.45) is 0 Å². The number of carbonyl (C=O) groups is 1. The lowest BCUT2D eigenvalue weighted by Gasteiger charge is -2.11. The number of hydrogen-bond acceptors (Lipinski definition) is 5. The molecular formula is C24H22N2O5. The maximum atomic E-state index is 12.9. The minimum atomic E-state index is -0.462. The van der Waals surface area contributed by atoms with Gasteiger partial charge in [0.15, 0.2) is 0 Å². The van der Waals surface area contributed by atoms with E-state index in [0.29, 0.717) is 29.0 Å². The SMILES string of the molecule is COc1ccc(OCCNC(=O)/C(=C/c2cccc([N+](=O)[O-])c2)c2ccccc2)cc1. The number of ether oxygens (including phenoxy) is 2. The number of hydrogen-bond donors (Lipinski definition) is 1. The molecule has 31 heavy (non-hydrogen) atoms. The summed E-state index contributed by atoms with van der Waals surface area (Å²) in [6.45, 7) is 0.584. The summed E-state index contributed by atoms with van der Waals surface area (Å²) in [4.78, 5) is 23.5. The zero-order chi connectivity index (χ0) is 22.1. The number of non-ortho nitro benzene ring substituents is 1. The Morgan fingerprint density at radius 3 is 2.39 bits per heavy atom. The topological polar surface area (TPSA) is 90.7 Å². The summed E-state index contributed by atoms with van der Waals surface area (Å²) in [6.07, 6.45) is 1.64. The van der Waals surface area contributed by atoms with Gasteiger partial charge in [0.25, 0.3) is 11.6 Å². The first-order valence-corrected chi connectivity index (χ1v) is 9.63. The van der Waals surface area contributed by atoms with Gasteiger partial charge in [-0.25, -0.2) is 0 Å². The van der Waals surface area contributed by atoms with Crippen LogP contribution < -0.4 is 14.8 Å². The molecule has 0 saturated carbocycles. The number of methoxy groups -OCH3 is 1. The highest BCUT2D eigenvalue weighted by atomic mass is 16.6. The van der Waals surface area contributed by atoms with E-state index in [9.17, 15) is 14.9 Å². The molecule has 0 fully saturated rings. The van der Waals surface area contributed by atoms with Gasteiger partial charge in [-0.2, -0.15) is 0 Å². The Hall–Kier alpha value is -4.13. The third-order valence-electron chi connectivity index (χ3n) is 4.44. The molecule has 158 valence electrons. The van der Waals surface area contributed by atoms with Gasteiger partial charge in [-0.05, 0) is 41.5 Å². The zero-order valence-electron chi connectivity index (χ0n) is 17.0. The van der Waals surface area contributed by atoms with Gasteiger partial charge in [-0.15, -0.1) is 0 Å². The summed E-state index contributed by atoms with van der Waals surface area (Å²) < 4.78 is 10.7. The predicted octanol–water partition coefficient (Wildman–Crippen LogP) is 4.34. The normalized spacial score (nSPS) is 10.9. The molecule has 0 heterocycles. The molecule has 0 atom stereocenters. The fourth-order valence-electron chi connectivity index (χ4n) is 2.89. The Kier molecular flexibility index (Phi) is 7.37. The highest BCUT2D eigenvalue weighted by molar-refractivity contribution is 6.24. The van der Waals surface area contributed by atoms with E-state index < -0.39 is 4.92 Å². The predicted molar refractivity (Wildman–Crippen MR) is 119 cm³/mol. The molecule has 0 saturated heterocycles. The second-order valence-corrected chi connectivity index (χ2v) is 6.56. The van der Waals surface area contributed by atoms with Crippen molar-refractivity contribution < 1.29 is 19.2 Å². The van der Waals surface area contributed by atoms with Crippen LogP contribution in [0.5, 0.6) is 11.5 Å². The summed E-state index contributed by atoms with van der Waals surface area (Å²) in [5.41, 5.74) is 1.65. The van der Waals surface area contributed by atoms with Crippen LogP contribution in [0.15, 0.2) is 78.9 Å². The molecule has 1 N–H and O–H groups in total. The van der Waals surface area contributed by atoms with Crippen LogP contribution in [0.2, 0.25) is 0 Å². The van der Waals surface area contributed by atoms with Gasteiger partial charge < -0.3 is 14.8 Å².